The first-order valence-electron chi connectivity index (χ1n) is 11.9. The molecule has 6 nitrogen and oxygen atoms in total. The minimum absolute atomic E-state index is 0.144. The van der Waals surface area contributed by atoms with Crippen molar-refractivity contribution >= 4 is 15.7 Å². The highest BCUT2D eigenvalue weighted by Gasteiger charge is 2.34. The van der Waals surface area contributed by atoms with Crippen molar-refractivity contribution in [3.63, 3.8) is 0 Å². The van der Waals surface area contributed by atoms with Gasteiger partial charge >= 0.3 is 0 Å². The van der Waals surface area contributed by atoms with Crippen LogP contribution in [0.5, 0.6) is 5.75 Å². The van der Waals surface area contributed by atoms with Gasteiger partial charge in [-0.3, -0.25) is 4.31 Å². The molecule has 1 atom stereocenters. The highest BCUT2D eigenvalue weighted by molar-refractivity contribution is 7.92. The van der Waals surface area contributed by atoms with Crippen molar-refractivity contribution in [2.24, 2.45) is 5.92 Å². The highest BCUT2D eigenvalue weighted by Crippen LogP contribution is 2.37. The molecule has 2 aromatic rings. The summed E-state index contributed by atoms with van der Waals surface area (Å²) in [5.41, 5.74) is 3.53. The number of aryl methyl sites for hydroxylation is 1. The minimum atomic E-state index is -3.79. The fourth-order valence-electron chi connectivity index (χ4n) is 4.68. The number of hydrogen-bond donors (Lipinski definition) is 1. The van der Waals surface area contributed by atoms with Crippen LogP contribution in [0.2, 0.25) is 0 Å². The van der Waals surface area contributed by atoms with E-state index in [-0.39, 0.29) is 17.5 Å². The molecule has 1 fully saturated rings. The Bertz CT molecular complexity index is 1080. The molecular formula is C26H35NO5S. The first-order valence-corrected chi connectivity index (χ1v) is 13.4. The summed E-state index contributed by atoms with van der Waals surface area (Å²) in [6.07, 6.45) is 3.54. The summed E-state index contributed by atoms with van der Waals surface area (Å²) >= 11 is 0. The zero-order valence-corrected chi connectivity index (χ0v) is 20.6. The SMILES string of the molecule is CC(C)c1ccc2c(c1)CCC(C)N2S(=O)(=O)c1ccc(OCC2CCOCC2)c(CO)c1. The van der Waals surface area contributed by atoms with Gasteiger partial charge in [-0.25, -0.2) is 8.42 Å². The smallest absolute Gasteiger partial charge is 0.264 e. The van der Waals surface area contributed by atoms with Crippen molar-refractivity contribution in [3.05, 3.63) is 53.1 Å². The molecule has 1 saturated heterocycles. The normalized spacial score (nSPS) is 19.5. The summed E-state index contributed by atoms with van der Waals surface area (Å²) < 4.78 is 40.4. The van der Waals surface area contributed by atoms with Crippen molar-refractivity contribution in [1.29, 1.82) is 0 Å². The van der Waals surface area contributed by atoms with E-state index in [4.69, 9.17) is 9.47 Å². The number of anilines is 1. The van der Waals surface area contributed by atoms with E-state index in [1.54, 1.807) is 22.5 Å². The topological polar surface area (TPSA) is 76.1 Å². The molecule has 0 radical (unpaired) electrons. The van der Waals surface area contributed by atoms with E-state index >= 15 is 0 Å². The maximum atomic E-state index is 13.8. The average molecular weight is 474 g/mol. The number of hydrogen-bond acceptors (Lipinski definition) is 5. The molecule has 0 bridgehead atoms. The van der Waals surface area contributed by atoms with Gasteiger partial charge in [-0.1, -0.05) is 26.0 Å². The van der Waals surface area contributed by atoms with Crippen LogP contribution in [0.1, 0.15) is 62.6 Å². The van der Waals surface area contributed by atoms with E-state index in [0.717, 1.165) is 50.1 Å². The van der Waals surface area contributed by atoms with Crippen LogP contribution in [-0.2, 0) is 27.8 Å². The van der Waals surface area contributed by atoms with Gasteiger partial charge in [-0.2, -0.15) is 0 Å². The van der Waals surface area contributed by atoms with Crippen molar-refractivity contribution < 1.29 is 23.0 Å². The summed E-state index contributed by atoms with van der Waals surface area (Å²) in [6, 6.07) is 10.8. The first kappa shape index (κ1) is 24.0. The van der Waals surface area contributed by atoms with Crippen LogP contribution >= 0.6 is 0 Å². The van der Waals surface area contributed by atoms with Gasteiger partial charge in [-0.05, 0) is 79.8 Å². The number of nitrogens with zero attached hydrogens (tertiary/aromatic N) is 1. The lowest BCUT2D eigenvalue weighted by Crippen LogP contribution is -2.42. The van der Waals surface area contributed by atoms with E-state index in [0.29, 0.717) is 29.8 Å². The molecule has 2 aliphatic rings. The molecule has 180 valence electrons. The van der Waals surface area contributed by atoms with Crippen molar-refractivity contribution in [2.45, 2.75) is 69.9 Å². The van der Waals surface area contributed by atoms with Gasteiger partial charge < -0.3 is 14.6 Å². The van der Waals surface area contributed by atoms with Gasteiger partial charge in [-0.15, -0.1) is 0 Å². The maximum Gasteiger partial charge on any atom is 0.264 e. The van der Waals surface area contributed by atoms with Gasteiger partial charge in [0.1, 0.15) is 5.75 Å². The predicted molar refractivity (Wildman–Crippen MR) is 129 cm³/mol. The number of aliphatic hydroxyl groups is 1. The molecule has 1 unspecified atom stereocenters. The second-order valence-corrected chi connectivity index (χ2v) is 11.3. The molecule has 7 heteroatoms. The molecule has 0 aliphatic carbocycles. The Morgan fingerprint density at radius 3 is 2.58 bits per heavy atom. The number of rotatable bonds is 7. The van der Waals surface area contributed by atoms with Crippen LogP contribution in [-0.4, -0.2) is 39.4 Å². The van der Waals surface area contributed by atoms with E-state index in [2.05, 4.69) is 19.9 Å². The third-order valence-corrected chi connectivity index (χ3v) is 8.74. The molecule has 2 aromatic carbocycles. The summed E-state index contributed by atoms with van der Waals surface area (Å²) in [4.78, 5) is 0.178. The summed E-state index contributed by atoms with van der Waals surface area (Å²) in [7, 11) is -3.79. The zero-order valence-electron chi connectivity index (χ0n) is 19.8. The van der Waals surface area contributed by atoms with Gasteiger partial charge in [0, 0.05) is 24.8 Å². The van der Waals surface area contributed by atoms with Crippen LogP contribution < -0.4 is 9.04 Å². The quantitative estimate of drug-likeness (QED) is 0.634. The molecule has 33 heavy (non-hydrogen) atoms. The molecule has 2 heterocycles. The fourth-order valence-corrected chi connectivity index (χ4v) is 6.45. The third-order valence-electron chi connectivity index (χ3n) is 6.81. The largest absolute Gasteiger partial charge is 0.493 e. The van der Waals surface area contributed by atoms with Crippen molar-refractivity contribution in [3.8, 4) is 5.75 Å². The minimum Gasteiger partial charge on any atom is -0.493 e. The first-order chi connectivity index (χ1) is 15.8. The molecule has 4 rings (SSSR count). The van der Waals surface area contributed by atoms with Gasteiger partial charge in [0.25, 0.3) is 10.0 Å². The molecule has 1 N–H and O–H groups in total. The molecule has 0 spiro atoms. The van der Waals surface area contributed by atoms with E-state index in [1.165, 1.54) is 5.56 Å². The summed E-state index contributed by atoms with van der Waals surface area (Å²) in [5.74, 6) is 1.34. The Morgan fingerprint density at radius 2 is 1.88 bits per heavy atom. The molecule has 2 aliphatic heterocycles. The molecule has 0 amide bonds. The van der Waals surface area contributed by atoms with E-state index in [1.807, 2.05) is 19.1 Å². The second kappa shape index (κ2) is 10.0. The summed E-state index contributed by atoms with van der Waals surface area (Å²) in [5, 5.41) is 9.94. The lowest BCUT2D eigenvalue weighted by Gasteiger charge is -2.36. The second-order valence-electron chi connectivity index (χ2n) is 9.53. The number of benzene rings is 2. The summed E-state index contributed by atoms with van der Waals surface area (Å²) in [6.45, 7) is 7.98. The fraction of sp³-hybridized carbons (Fsp3) is 0.538. The average Bonchev–Trinajstić information content (AvgIpc) is 2.82. The number of ether oxygens (including phenoxy) is 2. The van der Waals surface area contributed by atoms with Crippen LogP contribution in [0.4, 0.5) is 5.69 Å². The Labute approximate surface area is 197 Å². The van der Waals surface area contributed by atoms with Crippen LogP contribution in [0.15, 0.2) is 41.3 Å². The lowest BCUT2D eigenvalue weighted by atomic mass is 9.93. The van der Waals surface area contributed by atoms with Crippen LogP contribution in [0.25, 0.3) is 0 Å². The van der Waals surface area contributed by atoms with Crippen molar-refractivity contribution in [2.75, 3.05) is 24.1 Å². The predicted octanol–water partition coefficient (Wildman–Crippen LogP) is 4.64. The molecule has 0 aromatic heterocycles. The lowest BCUT2D eigenvalue weighted by molar-refractivity contribution is 0.0494. The number of fused-ring (bicyclic) bond motifs is 1. The Morgan fingerprint density at radius 1 is 1.12 bits per heavy atom. The van der Waals surface area contributed by atoms with E-state index in [9.17, 15) is 13.5 Å². The van der Waals surface area contributed by atoms with Crippen LogP contribution in [0, 0.1) is 5.92 Å². The number of sulfonamides is 1. The number of aliphatic hydroxyl groups excluding tert-OH is 1. The van der Waals surface area contributed by atoms with E-state index < -0.39 is 10.0 Å². The van der Waals surface area contributed by atoms with Gasteiger partial charge in [0.2, 0.25) is 0 Å². The zero-order chi connectivity index (χ0) is 23.6. The standard InChI is InChI=1S/C26H35NO5S/c1-18(2)21-6-8-25-22(14-21)5-4-19(3)27(25)33(29,30)24-7-9-26(23(15-24)16-28)32-17-20-10-12-31-13-11-20/h6-9,14-15,18-20,28H,4-5,10-13,16-17H2,1-3H3. The third kappa shape index (κ3) is 5.05. The van der Waals surface area contributed by atoms with Gasteiger partial charge in [0.05, 0.1) is 23.8 Å². The van der Waals surface area contributed by atoms with Crippen LogP contribution in [0.3, 0.4) is 0 Å². The Kier molecular flexibility index (Phi) is 7.31. The highest BCUT2D eigenvalue weighted by atomic mass is 32.2. The van der Waals surface area contributed by atoms with Crippen molar-refractivity contribution in [1.82, 2.24) is 0 Å². The van der Waals surface area contributed by atoms with Gasteiger partial charge in [0.15, 0.2) is 0 Å². The molecule has 0 saturated carbocycles. The Balaban J connectivity index is 1.61. The molecular weight excluding hydrogens is 438 g/mol. The Hall–Kier alpha value is -2.09. The monoisotopic (exact) mass is 473 g/mol. The maximum absolute atomic E-state index is 13.8.